The molecule has 0 saturated carbocycles. The fourth-order valence-electron chi connectivity index (χ4n) is 2.55. The van der Waals surface area contributed by atoms with Crippen molar-refractivity contribution in [2.45, 2.75) is 57.8 Å². The molecule has 0 aromatic heterocycles. The van der Waals surface area contributed by atoms with E-state index in [2.05, 4.69) is 10.2 Å². The lowest BCUT2D eigenvalue weighted by Crippen LogP contribution is -2.30. The first-order valence-corrected chi connectivity index (χ1v) is 7.93. The summed E-state index contributed by atoms with van der Waals surface area (Å²) < 4.78 is 0. The van der Waals surface area contributed by atoms with Gasteiger partial charge in [-0.1, -0.05) is 19.3 Å². The van der Waals surface area contributed by atoms with Crippen molar-refractivity contribution in [3.05, 3.63) is 0 Å². The highest BCUT2D eigenvalue weighted by molar-refractivity contribution is 5.75. The third-order valence-electron chi connectivity index (χ3n) is 3.73. The number of amides is 1. The zero-order chi connectivity index (χ0) is 13.8. The zero-order valence-corrected chi connectivity index (χ0v) is 12.2. The molecule has 1 rings (SSSR count). The molecule has 0 radical (unpaired) electrons. The Kier molecular flexibility index (Phi) is 9.72. The average molecular weight is 270 g/mol. The quantitative estimate of drug-likeness (QED) is 0.596. The monoisotopic (exact) mass is 270 g/mol. The maximum atomic E-state index is 11.3. The first kappa shape index (κ1) is 16.4. The molecular weight excluding hydrogens is 240 g/mol. The summed E-state index contributed by atoms with van der Waals surface area (Å²) in [5, 5.41) is 11.5. The van der Waals surface area contributed by atoms with Gasteiger partial charge in [0.25, 0.3) is 0 Å². The Morgan fingerprint density at radius 3 is 2.47 bits per heavy atom. The van der Waals surface area contributed by atoms with Crippen LogP contribution < -0.4 is 5.32 Å². The summed E-state index contributed by atoms with van der Waals surface area (Å²) in [6, 6.07) is 0. The Labute approximate surface area is 117 Å². The second-order valence-corrected chi connectivity index (χ2v) is 5.49. The number of nitrogens with one attached hydrogen (secondary N) is 1. The number of aliphatic hydroxyl groups excluding tert-OH is 1. The fourth-order valence-corrected chi connectivity index (χ4v) is 2.55. The van der Waals surface area contributed by atoms with Crippen LogP contribution in [0, 0.1) is 0 Å². The van der Waals surface area contributed by atoms with Crippen molar-refractivity contribution in [2.24, 2.45) is 0 Å². The van der Waals surface area contributed by atoms with Gasteiger partial charge >= 0.3 is 0 Å². The molecule has 1 aliphatic rings. The Morgan fingerprint density at radius 2 is 1.74 bits per heavy atom. The molecule has 19 heavy (non-hydrogen) atoms. The van der Waals surface area contributed by atoms with E-state index in [0.29, 0.717) is 12.8 Å². The maximum Gasteiger partial charge on any atom is 0.220 e. The summed E-state index contributed by atoms with van der Waals surface area (Å²) in [5.41, 5.74) is 0. The summed E-state index contributed by atoms with van der Waals surface area (Å²) in [6.45, 7) is 4.72. The molecule has 4 heteroatoms. The minimum absolute atomic E-state index is 0.0716. The van der Waals surface area contributed by atoms with Crippen molar-refractivity contribution in [1.82, 2.24) is 10.2 Å². The van der Waals surface area contributed by atoms with Gasteiger partial charge in [0, 0.05) is 19.6 Å². The third-order valence-corrected chi connectivity index (χ3v) is 3.73. The topological polar surface area (TPSA) is 52.6 Å². The van der Waals surface area contributed by atoms with Gasteiger partial charge in [-0.25, -0.2) is 0 Å². The molecule has 4 nitrogen and oxygen atoms in total. The summed E-state index contributed by atoms with van der Waals surface area (Å²) >= 11 is 0. The zero-order valence-electron chi connectivity index (χ0n) is 12.2. The van der Waals surface area contributed by atoms with Crippen LogP contribution in [0.5, 0.6) is 0 Å². The number of carbonyl (C=O) groups is 1. The van der Waals surface area contributed by atoms with E-state index in [1.165, 1.54) is 58.2 Å². The molecule has 1 amide bonds. The van der Waals surface area contributed by atoms with Crippen molar-refractivity contribution in [1.29, 1.82) is 0 Å². The molecule has 0 aromatic rings. The maximum absolute atomic E-state index is 11.3. The summed E-state index contributed by atoms with van der Waals surface area (Å²) in [5.74, 6) is 0.0716. The normalized spacial score (nSPS) is 16.5. The SMILES string of the molecule is O=C(CCCO)NCCCCCCN1CCCCC1. The first-order chi connectivity index (χ1) is 9.33. The van der Waals surface area contributed by atoms with Crippen molar-refractivity contribution >= 4 is 5.91 Å². The van der Waals surface area contributed by atoms with Crippen LogP contribution in [0.2, 0.25) is 0 Å². The van der Waals surface area contributed by atoms with E-state index in [0.717, 1.165) is 13.0 Å². The molecule has 0 bridgehead atoms. The minimum Gasteiger partial charge on any atom is -0.396 e. The number of likely N-dealkylation sites (tertiary alicyclic amines) is 1. The first-order valence-electron chi connectivity index (χ1n) is 7.93. The lowest BCUT2D eigenvalue weighted by atomic mass is 10.1. The fraction of sp³-hybridized carbons (Fsp3) is 0.933. The van der Waals surface area contributed by atoms with E-state index < -0.39 is 0 Å². The number of carbonyl (C=O) groups excluding carboxylic acids is 1. The third kappa shape index (κ3) is 9.00. The van der Waals surface area contributed by atoms with Crippen LogP contribution in [0.3, 0.4) is 0 Å². The van der Waals surface area contributed by atoms with Crippen LogP contribution in [-0.2, 0) is 4.79 Å². The predicted molar refractivity (Wildman–Crippen MR) is 78.1 cm³/mol. The van der Waals surface area contributed by atoms with E-state index in [9.17, 15) is 4.79 Å². The molecule has 112 valence electrons. The molecule has 1 aliphatic heterocycles. The molecule has 0 unspecified atom stereocenters. The highest BCUT2D eigenvalue weighted by Crippen LogP contribution is 2.10. The second kappa shape index (κ2) is 11.2. The molecule has 0 aliphatic carbocycles. The number of nitrogens with zero attached hydrogens (tertiary/aromatic N) is 1. The van der Waals surface area contributed by atoms with Gasteiger partial charge in [-0.2, -0.15) is 0 Å². The van der Waals surface area contributed by atoms with Gasteiger partial charge in [-0.05, 0) is 51.7 Å². The second-order valence-electron chi connectivity index (χ2n) is 5.49. The van der Waals surface area contributed by atoms with Gasteiger partial charge in [-0.15, -0.1) is 0 Å². The summed E-state index contributed by atoms with van der Waals surface area (Å²) in [4.78, 5) is 13.9. The molecular formula is C15H30N2O2. The van der Waals surface area contributed by atoms with Crippen LogP contribution >= 0.6 is 0 Å². The highest BCUT2D eigenvalue weighted by atomic mass is 16.3. The largest absolute Gasteiger partial charge is 0.396 e. The van der Waals surface area contributed by atoms with Gasteiger partial charge in [0.05, 0.1) is 0 Å². The molecule has 0 spiro atoms. The molecule has 2 N–H and O–H groups in total. The van der Waals surface area contributed by atoms with E-state index >= 15 is 0 Å². The van der Waals surface area contributed by atoms with Gasteiger partial charge < -0.3 is 15.3 Å². The van der Waals surface area contributed by atoms with Crippen LogP contribution in [0.25, 0.3) is 0 Å². The van der Waals surface area contributed by atoms with E-state index in [1.54, 1.807) is 0 Å². The molecule has 1 heterocycles. The van der Waals surface area contributed by atoms with E-state index in [1.807, 2.05) is 0 Å². The van der Waals surface area contributed by atoms with Gasteiger partial charge in [0.2, 0.25) is 5.91 Å². The van der Waals surface area contributed by atoms with Gasteiger partial charge in [0.1, 0.15) is 0 Å². The Balaban J connectivity index is 1.81. The highest BCUT2D eigenvalue weighted by Gasteiger charge is 2.08. The van der Waals surface area contributed by atoms with Crippen LogP contribution in [-0.4, -0.2) is 48.7 Å². The van der Waals surface area contributed by atoms with Gasteiger partial charge in [0.15, 0.2) is 0 Å². The Morgan fingerprint density at radius 1 is 1.00 bits per heavy atom. The van der Waals surface area contributed by atoms with Crippen LogP contribution in [0.15, 0.2) is 0 Å². The molecule has 1 fully saturated rings. The van der Waals surface area contributed by atoms with Crippen molar-refractivity contribution < 1.29 is 9.90 Å². The van der Waals surface area contributed by atoms with Crippen molar-refractivity contribution in [3.8, 4) is 0 Å². The lowest BCUT2D eigenvalue weighted by Gasteiger charge is -2.26. The summed E-state index contributed by atoms with van der Waals surface area (Å²) in [6.07, 6.45) is 10.0. The Hall–Kier alpha value is -0.610. The number of rotatable bonds is 10. The van der Waals surface area contributed by atoms with E-state index in [4.69, 9.17) is 5.11 Å². The van der Waals surface area contributed by atoms with Crippen LogP contribution in [0.4, 0.5) is 0 Å². The number of unbranched alkanes of at least 4 members (excludes halogenated alkanes) is 3. The number of piperidine rings is 1. The predicted octanol–water partition coefficient (Wildman–Crippen LogP) is 1.92. The Bertz CT molecular complexity index is 228. The average Bonchev–Trinajstić information content (AvgIpc) is 2.45. The molecule has 0 atom stereocenters. The van der Waals surface area contributed by atoms with Crippen molar-refractivity contribution in [2.75, 3.05) is 32.8 Å². The van der Waals surface area contributed by atoms with Crippen LogP contribution in [0.1, 0.15) is 57.8 Å². The summed E-state index contributed by atoms with van der Waals surface area (Å²) in [7, 11) is 0. The molecule has 1 saturated heterocycles. The lowest BCUT2D eigenvalue weighted by molar-refractivity contribution is -0.121. The standard InChI is InChI=1S/C15H30N2O2/c18-14-8-9-15(19)16-10-4-1-2-5-11-17-12-6-3-7-13-17/h18H,1-14H2,(H,16,19). The van der Waals surface area contributed by atoms with Crippen molar-refractivity contribution in [3.63, 3.8) is 0 Å². The number of aliphatic hydroxyl groups is 1. The number of hydrogen-bond acceptors (Lipinski definition) is 3. The van der Waals surface area contributed by atoms with Gasteiger partial charge in [-0.3, -0.25) is 4.79 Å². The minimum atomic E-state index is 0.0716. The molecule has 0 aromatic carbocycles. The van der Waals surface area contributed by atoms with E-state index in [-0.39, 0.29) is 12.5 Å². The number of hydrogen-bond donors (Lipinski definition) is 2. The smallest absolute Gasteiger partial charge is 0.220 e.